The van der Waals surface area contributed by atoms with E-state index in [1.165, 1.54) is 21.2 Å². The summed E-state index contributed by atoms with van der Waals surface area (Å²) in [4.78, 5) is 28.1. The standard InChI is InChI=1S/C20H20N2O3S/c1-12-7-5-6-8-15(12)21(2)19(24)17-18(23)14-11-13(26-4)9-10-16(14)22(3)20(17)25/h5-11,23H,1-4H3. The summed E-state index contributed by atoms with van der Waals surface area (Å²) in [5, 5.41) is 11.2. The molecule has 1 aromatic heterocycles. The maximum absolute atomic E-state index is 13.0. The molecule has 2 aromatic carbocycles. The lowest BCUT2D eigenvalue weighted by Gasteiger charge is -2.21. The molecule has 0 aliphatic rings. The van der Waals surface area contributed by atoms with Crippen molar-refractivity contribution in [1.82, 2.24) is 4.57 Å². The second-order valence-corrected chi connectivity index (χ2v) is 7.00. The van der Waals surface area contributed by atoms with Crippen LogP contribution in [0.4, 0.5) is 5.69 Å². The number of aryl methyl sites for hydroxylation is 2. The third kappa shape index (κ3) is 2.86. The molecule has 3 aromatic rings. The average Bonchev–Trinajstić information content (AvgIpc) is 2.65. The summed E-state index contributed by atoms with van der Waals surface area (Å²) < 4.78 is 1.40. The first kappa shape index (κ1) is 18.1. The summed E-state index contributed by atoms with van der Waals surface area (Å²) in [6.07, 6.45) is 1.93. The number of anilines is 1. The third-order valence-electron chi connectivity index (χ3n) is 4.57. The van der Waals surface area contributed by atoms with Crippen LogP contribution in [0.3, 0.4) is 0 Å². The number of rotatable bonds is 3. The Morgan fingerprint density at radius 1 is 1.19 bits per heavy atom. The van der Waals surface area contributed by atoms with Gasteiger partial charge in [-0.25, -0.2) is 0 Å². The minimum Gasteiger partial charge on any atom is -0.506 e. The molecule has 0 atom stereocenters. The third-order valence-corrected chi connectivity index (χ3v) is 5.30. The van der Waals surface area contributed by atoms with Crippen molar-refractivity contribution in [3.8, 4) is 5.75 Å². The van der Waals surface area contributed by atoms with E-state index in [4.69, 9.17) is 0 Å². The number of amides is 1. The van der Waals surface area contributed by atoms with Gasteiger partial charge in [-0.3, -0.25) is 9.59 Å². The molecule has 1 heterocycles. The van der Waals surface area contributed by atoms with Crippen molar-refractivity contribution in [3.63, 3.8) is 0 Å². The van der Waals surface area contributed by atoms with Gasteiger partial charge in [0.2, 0.25) is 0 Å². The van der Waals surface area contributed by atoms with Crippen LogP contribution in [0.1, 0.15) is 15.9 Å². The molecule has 0 saturated heterocycles. The predicted molar refractivity (Wildman–Crippen MR) is 107 cm³/mol. The van der Waals surface area contributed by atoms with Gasteiger partial charge in [0.15, 0.2) is 0 Å². The fourth-order valence-electron chi connectivity index (χ4n) is 3.05. The quantitative estimate of drug-likeness (QED) is 0.718. The average molecular weight is 368 g/mol. The molecule has 6 heteroatoms. The van der Waals surface area contributed by atoms with Crippen LogP contribution in [0, 0.1) is 6.92 Å². The molecule has 26 heavy (non-hydrogen) atoms. The van der Waals surface area contributed by atoms with Gasteiger partial charge < -0.3 is 14.6 Å². The van der Waals surface area contributed by atoms with Crippen LogP contribution in [-0.2, 0) is 7.05 Å². The number of thioether (sulfide) groups is 1. The summed E-state index contributed by atoms with van der Waals surface area (Å²) in [6, 6.07) is 12.9. The number of benzene rings is 2. The molecule has 0 aliphatic carbocycles. The predicted octanol–water partition coefficient (Wildman–Crippen LogP) is 3.55. The number of aromatic hydroxyl groups is 1. The van der Waals surface area contributed by atoms with E-state index in [0.717, 1.165) is 10.5 Å². The van der Waals surface area contributed by atoms with Crippen LogP contribution in [0.15, 0.2) is 52.2 Å². The van der Waals surface area contributed by atoms with Crippen molar-refractivity contribution < 1.29 is 9.90 Å². The maximum atomic E-state index is 13.0. The van der Waals surface area contributed by atoms with Crippen LogP contribution in [0.5, 0.6) is 5.75 Å². The lowest BCUT2D eigenvalue weighted by atomic mass is 10.1. The topological polar surface area (TPSA) is 62.5 Å². The van der Waals surface area contributed by atoms with E-state index >= 15 is 0 Å². The largest absolute Gasteiger partial charge is 0.506 e. The van der Waals surface area contributed by atoms with E-state index < -0.39 is 11.5 Å². The Kier molecular flexibility index (Phi) is 4.78. The summed E-state index contributed by atoms with van der Waals surface area (Å²) in [5.74, 6) is -0.807. The normalized spacial score (nSPS) is 10.9. The van der Waals surface area contributed by atoms with E-state index in [2.05, 4.69) is 0 Å². The molecule has 0 aliphatic heterocycles. The van der Waals surface area contributed by atoms with Gasteiger partial charge in [0.25, 0.3) is 11.5 Å². The first-order valence-corrected chi connectivity index (χ1v) is 9.32. The van der Waals surface area contributed by atoms with Crippen molar-refractivity contribution >= 4 is 34.3 Å². The summed E-state index contributed by atoms with van der Waals surface area (Å²) >= 11 is 1.53. The molecule has 5 nitrogen and oxygen atoms in total. The van der Waals surface area contributed by atoms with Gasteiger partial charge in [-0.1, -0.05) is 18.2 Å². The van der Waals surface area contributed by atoms with Crippen LogP contribution in [-0.4, -0.2) is 28.9 Å². The van der Waals surface area contributed by atoms with Gasteiger partial charge in [0.1, 0.15) is 11.3 Å². The lowest BCUT2D eigenvalue weighted by molar-refractivity contribution is 0.0988. The molecule has 0 spiro atoms. The molecular formula is C20H20N2O3S. The molecule has 1 amide bonds. The molecule has 0 unspecified atom stereocenters. The van der Waals surface area contributed by atoms with E-state index in [1.54, 1.807) is 26.2 Å². The van der Waals surface area contributed by atoms with Crippen molar-refractivity contribution in [1.29, 1.82) is 0 Å². The smallest absolute Gasteiger partial charge is 0.267 e. The van der Waals surface area contributed by atoms with Crippen LogP contribution in [0.25, 0.3) is 10.9 Å². The zero-order valence-corrected chi connectivity index (χ0v) is 15.9. The Labute approximate surface area is 155 Å². The Bertz CT molecular complexity index is 1070. The minimum atomic E-state index is -0.533. The Hall–Kier alpha value is -2.73. The Balaban J connectivity index is 2.23. The van der Waals surface area contributed by atoms with E-state index in [-0.39, 0.29) is 11.3 Å². The van der Waals surface area contributed by atoms with Gasteiger partial charge in [0.05, 0.1) is 5.52 Å². The van der Waals surface area contributed by atoms with Crippen molar-refractivity contribution in [2.75, 3.05) is 18.2 Å². The molecule has 0 bridgehead atoms. The van der Waals surface area contributed by atoms with Gasteiger partial charge >= 0.3 is 0 Å². The van der Waals surface area contributed by atoms with Crippen molar-refractivity contribution in [2.24, 2.45) is 7.05 Å². The SMILES string of the molecule is CSc1ccc2c(c1)c(O)c(C(=O)N(C)c1ccccc1C)c(=O)n2C. The van der Waals surface area contributed by atoms with E-state index in [1.807, 2.05) is 43.5 Å². The van der Waals surface area contributed by atoms with Crippen LogP contribution in [0.2, 0.25) is 0 Å². The number of hydrogen-bond acceptors (Lipinski definition) is 4. The maximum Gasteiger partial charge on any atom is 0.267 e. The van der Waals surface area contributed by atoms with E-state index in [0.29, 0.717) is 16.6 Å². The van der Waals surface area contributed by atoms with Gasteiger partial charge in [-0.2, -0.15) is 0 Å². The van der Waals surface area contributed by atoms with E-state index in [9.17, 15) is 14.7 Å². The summed E-state index contributed by atoms with van der Waals surface area (Å²) in [7, 11) is 3.21. The number of hydrogen-bond donors (Lipinski definition) is 1. The molecule has 0 fully saturated rings. The number of aromatic nitrogens is 1. The summed E-state index contributed by atoms with van der Waals surface area (Å²) in [5.41, 5.74) is 1.45. The molecule has 134 valence electrons. The van der Waals surface area contributed by atoms with Gasteiger partial charge in [-0.05, 0) is 43.0 Å². The molecule has 0 saturated carbocycles. The summed E-state index contributed by atoms with van der Waals surface area (Å²) in [6.45, 7) is 1.89. The number of fused-ring (bicyclic) bond motifs is 1. The number of para-hydroxylation sites is 1. The molecule has 3 rings (SSSR count). The first-order chi connectivity index (χ1) is 12.4. The fourth-order valence-corrected chi connectivity index (χ4v) is 3.49. The van der Waals surface area contributed by atoms with Crippen molar-refractivity contribution in [3.05, 3.63) is 63.9 Å². The zero-order chi connectivity index (χ0) is 19.0. The van der Waals surface area contributed by atoms with Crippen molar-refractivity contribution in [2.45, 2.75) is 11.8 Å². The highest BCUT2D eigenvalue weighted by Crippen LogP contribution is 2.31. The van der Waals surface area contributed by atoms with Crippen LogP contribution < -0.4 is 10.5 Å². The second kappa shape index (κ2) is 6.88. The minimum absolute atomic E-state index is 0.219. The lowest BCUT2D eigenvalue weighted by Crippen LogP contribution is -2.34. The zero-order valence-electron chi connectivity index (χ0n) is 15.1. The highest BCUT2D eigenvalue weighted by molar-refractivity contribution is 7.98. The van der Waals surface area contributed by atoms with Gasteiger partial charge in [-0.15, -0.1) is 11.8 Å². The Morgan fingerprint density at radius 3 is 2.54 bits per heavy atom. The fraction of sp³-hybridized carbons (Fsp3) is 0.200. The second-order valence-electron chi connectivity index (χ2n) is 6.12. The number of carbonyl (C=O) groups excluding carboxylic acids is 1. The number of nitrogens with zero attached hydrogens (tertiary/aromatic N) is 2. The highest BCUT2D eigenvalue weighted by atomic mass is 32.2. The number of pyridine rings is 1. The molecule has 1 N–H and O–H groups in total. The van der Waals surface area contributed by atoms with Crippen LogP contribution >= 0.6 is 11.8 Å². The molecular weight excluding hydrogens is 348 g/mol. The Morgan fingerprint density at radius 2 is 1.88 bits per heavy atom. The molecule has 0 radical (unpaired) electrons. The van der Waals surface area contributed by atoms with Gasteiger partial charge in [0, 0.05) is 30.1 Å². The first-order valence-electron chi connectivity index (χ1n) is 8.10. The monoisotopic (exact) mass is 368 g/mol. The highest BCUT2D eigenvalue weighted by Gasteiger charge is 2.25. The number of carbonyl (C=O) groups is 1.